The van der Waals surface area contributed by atoms with Gasteiger partial charge in [-0.25, -0.2) is 8.42 Å². The van der Waals surface area contributed by atoms with Crippen molar-refractivity contribution in [1.82, 2.24) is 14.5 Å². The van der Waals surface area contributed by atoms with Crippen LogP contribution in [0.1, 0.15) is 37.0 Å². The highest BCUT2D eigenvalue weighted by molar-refractivity contribution is 7.89. The first-order valence-electron chi connectivity index (χ1n) is 8.79. The Balaban J connectivity index is 0.00000338. The number of carbonyl (C=O) groups is 1. The monoisotopic (exact) mass is 403 g/mol. The second-order valence-electron chi connectivity index (χ2n) is 6.96. The van der Waals surface area contributed by atoms with E-state index in [2.05, 4.69) is 5.32 Å². The Bertz CT molecular complexity index is 690. The summed E-state index contributed by atoms with van der Waals surface area (Å²) in [6, 6.07) is 6.16. The Kier molecular flexibility index (Phi) is 8.53. The first-order valence-corrected chi connectivity index (χ1v) is 10.2. The molecule has 1 heterocycles. The zero-order chi connectivity index (χ0) is 18.6. The van der Waals surface area contributed by atoms with E-state index in [1.807, 2.05) is 25.8 Å². The van der Waals surface area contributed by atoms with E-state index in [4.69, 9.17) is 0 Å². The van der Waals surface area contributed by atoms with E-state index in [0.29, 0.717) is 11.5 Å². The number of rotatable bonds is 6. The summed E-state index contributed by atoms with van der Waals surface area (Å²) in [6.45, 7) is 6.06. The summed E-state index contributed by atoms with van der Waals surface area (Å²) in [5.41, 5.74) is 0.538. The average molecular weight is 404 g/mol. The molecule has 0 spiro atoms. The number of benzene rings is 1. The van der Waals surface area contributed by atoms with Crippen molar-refractivity contribution in [3.05, 3.63) is 29.8 Å². The molecule has 148 valence electrons. The minimum Gasteiger partial charge on any atom is -0.338 e. The van der Waals surface area contributed by atoms with Crippen LogP contribution in [0, 0.1) is 5.92 Å². The molecule has 1 atom stereocenters. The summed E-state index contributed by atoms with van der Waals surface area (Å²) in [5, 5.41) is 3.17. The molecule has 1 fully saturated rings. The molecule has 26 heavy (non-hydrogen) atoms. The fraction of sp³-hybridized carbons (Fsp3) is 0.611. The minimum absolute atomic E-state index is 0. The standard InChI is InChI=1S/C18H29N3O3S.ClH/c1-14(2)20(4)25(23,24)17-9-7-16(8-10-17)18(22)21-11-5-6-15(13-21)12-19-3;/h7-10,14-15,19H,5-6,11-13H2,1-4H3;1H. The molecule has 1 saturated heterocycles. The third-order valence-corrected chi connectivity index (χ3v) is 6.85. The molecule has 1 aromatic rings. The van der Waals surface area contributed by atoms with Crippen molar-refractivity contribution in [3.63, 3.8) is 0 Å². The maximum Gasteiger partial charge on any atom is 0.253 e. The number of piperidine rings is 1. The van der Waals surface area contributed by atoms with Gasteiger partial charge in [0.05, 0.1) is 4.90 Å². The molecule has 0 bridgehead atoms. The van der Waals surface area contributed by atoms with E-state index in [1.54, 1.807) is 19.2 Å². The lowest BCUT2D eigenvalue weighted by atomic mass is 9.97. The fourth-order valence-corrected chi connectivity index (χ4v) is 4.47. The van der Waals surface area contributed by atoms with Gasteiger partial charge >= 0.3 is 0 Å². The van der Waals surface area contributed by atoms with E-state index in [0.717, 1.165) is 32.5 Å². The molecular weight excluding hydrogens is 374 g/mol. The molecule has 1 unspecified atom stereocenters. The van der Waals surface area contributed by atoms with Crippen molar-refractivity contribution in [3.8, 4) is 0 Å². The van der Waals surface area contributed by atoms with Gasteiger partial charge in [0.1, 0.15) is 0 Å². The first kappa shape index (κ1) is 22.9. The number of likely N-dealkylation sites (tertiary alicyclic amines) is 1. The van der Waals surface area contributed by atoms with Gasteiger partial charge in [-0.15, -0.1) is 12.4 Å². The SMILES string of the molecule is CNCC1CCCN(C(=O)c2ccc(S(=O)(=O)N(C)C(C)C)cc2)C1.Cl. The smallest absolute Gasteiger partial charge is 0.253 e. The molecule has 0 radical (unpaired) electrons. The highest BCUT2D eigenvalue weighted by Gasteiger charge is 2.26. The number of halogens is 1. The molecule has 1 aliphatic rings. The summed E-state index contributed by atoms with van der Waals surface area (Å²) in [4.78, 5) is 14.8. The fourth-order valence-electron chi connectivity index (χ4n) is 3.10. The quantitative estimate of drug-likeness (QED) is 0.790. The van der Waals surface area contributed by atoms with Crippen LogP contribution in [0.4, 0.5) is 0 Å². The lowest BCUT2D eigenvalue weighted by Gasteiger charge is -2.32. The first-order chi connectivity index (χ1) is 11.8. The Morgan fingerprint density at radius 2 is 1.92 bits per heavy atom. The van der Waals surface area contributed by atoms with Gasteiger partial charge in [-0.05, 0) is 70.5 Å². The van der Waals surface area contributed by atoms with Crippen LogP contribution in [0.25, 0.3) is 0 Å². The summed E-state index contributed by atoms with van der Waals surface area (Å²) in [5.74, 6) is 0.448. The van der Waals surface area contributed by atoms with Crippen molar-refractivity contribution in [2.45, 2.75) is 37.6 Å². The number of amides is 1. The largest absolute Gasteiger partial charge is 0.338 e. The van der Waals surface area contributed by atoms with Crippen LogP contribution in [-0.2, 0) is 10.0 Å². The van der Waals surface area contributed by atoms with Gasteiger partial charge in [0.15, 0.2) is 0 Å². The molecule has 1 N–H and O–H groups in total. The summed E-state index contributed by atoms with van der Waals surface area (Å²) in [7, 11) is -0.0326. The Labute approximate surface area is 163 Å². The Hall–Kier alpha value is -1.15. The highest BCUT2D eigenvalue weighted by Crippen LogP contribution is 2.21. The average Bonchev–Trinajstić information content (AvgIpc) is 2.61. The summed E-state index contributed by atoms with van der Waals surface area (Å²) < 4.78 is 26.3. The van der Waals surface area contributed by atoms with Crippen molar-refractivity contribution in [2.75, 3.05) is 33.7 Å². The second-order valence-corrected chi connectivity index (χ2v) is 8.95. The molecule has 0 saturated carbocycles. The molecule has 6 nitrogen and oxygen atoms in total. The van der Waals surface area contributed by atoms with Crippen molar-refractivity contribution in [1.29, 1.82) is 0 Å². The maximum atomic E-state index is 12.7. The normalized spacial score (nSPS) is 18.1. The maximum absolute atomic E-state index is 12.7. The van der Waals surface area contributed by atoms with Crippen LogP contribution in [0.3, 0.4) is 0 Å². The zero-order valence-electron chi connectivity index (χ0n) is 15.9. The predicted octanol–water partition coefficient (Wildman–Crippen LogP) is 2.21. The number of nitrogens with one attached hydrogen (secondary N) is 1. The van der Waals surface area contributed by atoms with Gasteiger partial charge in [-0.2, -0.15) is 4.31 Å². The molecular formula is C18H30ClN3O3S. The van der Waals surface area contributed by atoms with Gasteiger partial charge in [-0.3, -0.25) is 4.79 Å². The van der Waals surface area contributed by atoms with Crippen molar-refractivity contribution >= 4 is 28.3 Å². The van der Waals surface area contributed by atoms with Gasteiger partial charge in [0.2, 0.25) is 10.0 Å². The van der Waals surface area contributed by atoms with E-state index < -0.39 is 10.0 Å². The van der Waals surface area contributed by atoms with Gasteiger partial charge in [0.25, 0.3) is 5.91 Å². The minimum atomic E-state index is -3.52. The third kappa shape index (κ3) is 5.19. The Morgan fingerprint density at radius 1 is 1.31 bits per heavy atom. The van der Waals surface area contributed by atoms with Crippen LogP contribution >= 0.6 is 12.4 Å². The third-order valence-electron chi connectivity index (χ3n) is 4.80. The van der Waals surface area contributed by atoms with E-state index >= 15 is 0 Å². The van der Waals surface area contributed by atoms with Crippen LogP contribution in [0.5, 0.6) is 0 Å². The number of nitrogens with zero attached hydrogens (tertiary/aromatic N) is 2. The molecule has 0 aliphatic carbocycles. The summed E-state index contributed by atoms with van der Waals surface area (Å²) >= 11 is 0. The highest BCUT2D eigenvalue weighted by atomic mass is 35.5. The lowest BCUT2D eigenvalue weighted by Crippen LogP contribution is -2.42. The van der Waals surface area contributed by atoms with E-state index in [1.165, 1.54) is 16.4 Å². The van der Waals surface area contributed by atoms with E-state index in [-0.39, 0.29) is 29.3 Å². The van der Waals surface area contributed by atoms with Gasteiger partial charge in [-0.1, -0.05) is 0 Å². The number of hydrogen-bond acceptors (Lipinski definition) is 4. The molecule has 0 aromatic heterocycles. The number of sulfonamides is 1. The van der Waals surface area contributed by atoms with Crippen molar-refractivity contribution < 1.29 is 13.2 Å². The van der Waals surface area contributed by atoms with Gasteiger partial charge in [0, 0.05) is 31.7 Å². The number of carbonyl (C=O) groups excluding carboxylic acids is 1. The van der Waals surface area contributed by atoms with Crippen LogP contribution in [-0.4, -0.2) is 63.3 Å². The second kappa shape index (κ2) is 9.69. The lowest BCUT2D eigenvalue weighted by molar-refractivity contribution is 0.0674. The van der Waals surface area contributed by atoms with Crippen LogP contribution < -0.4 is 5.32 Å². The molecule has 8 heteroatoms. The molecule has 1 aromatic carbocycles. The molecule has 1 amide bonds. The topological polar surface area (TPSA) is 69.7 Å². The van der Waals surface area contributed by atoms with Gasteiger partial charge < -0.3 is 10.2 Å². The predicted molar refractivity (Wildman–Crippen MR) is 106 cm³/mol. The Morgan fingerprint density at radius 3 is 2.46 bits per heavy atom. The van der Waals surface area contributed by atoms with E-state index in [9.17, 15) is 13.2 Å². The van der Waals surface area contributed by atoms with Crippen molar-refractivity contribution in [2.24, 2.45) is 5.92 Å². The molecule has 2 rings (SSSR count). The number of hydrogen-bond donors (Lipinski definition) is 1. The summed E-state index contributed by atoms with van der Waals surface area (Å²) in [6.07, 6.45) is 2.13. The van der Waals surface area contributed by atoms with Crippen LogP contribution in [0.2, 0.25) is 0 Å². The molecule has 1 aliphatic heterocycles. The van der Waals surface area contributed by atoms with Crippen LogP contribution in [0.15, 0.2) is 29.2 Å². The zero-order valence-corrected chi connectivity index (χ0v) is 17.6.